The molecule has 2 aromatic carbocycles. The quantitative estimate of drug-likeness (QED) is 0.530. The summed E-state index contributed by atoms with van der Waals surface area (Å²) >= 11 is 0. The summed E-state index contributed by atoms with van der Waals surface area (Å²) in [5.41, 5.74) is 1.49. The standard InChI is InChI=1S/C20H19N3O4/c1-12(2)20(25)22-17(14-5-8-15(9-6-14)23(26)27)16-10-7-13-4-3-11-21-18(13)19(16)24/h3-12,17,24H,1-2H3,(H,22,25)/t17-/m0/s1. The summed E-state index contributed by atoms with van der Waals surface area (Å²) in [4.78, 5) is 27.0. The van der Waals surface area contributed by atoms with Gasteiger partial charge in [-0.2, -0.15) is 0 Å². The molecule has 0 aliphatic rings. The number of carbonyl (C=O) groups excluding carboxylic acids is 1. The fraction of sp³-hybridized carbons (Fsp3) is 0.200. The van der Waals surface area contributed by atoms with E-state index < -0.39 is 11.0 Å². The molecule has 1 amide bonds. The molecule has 1 aromatic heterocycles. The SMILES string of the molecule is CC(C)C(=O)N[C@@H](c1ccc([N+](=O)[O-])cc1)c1ccc2cccnc2c1O. The molecule has 0 aliphatic heterocycles. The van der Waals surface area contributed by atoms with Crippen molar-refractivity contribution in [3.63, 3.8) is 0 Å². The smallest absolute Gasteiger partial charge is 0.269 e. The number of aromatic nitrogens is 1. The van der Waals surface area contributed by atoms with Crippen molar-refractivity contribution in [2.75, 3.05) is 0 Å². The van der Waals surface area contributed by atoms with Gasteiger partial charge in [0.1, 0.15) is 11.3 Å². The Labute approximate surface area is 155 Å². The average molecular weight is 365 g/mol. The maximum absolute atomic E-state index is 12.3. The number of fused-ring (bicyclic) bond motifs is 1. The number of benzene rings is 2. The van der Waals surface area contributed by atoms with Crippen LogP contribution in [0.2, 0.25) is 0 Å². The maximum atomic E-state index is 12.3. The van der Waals surface area contributed by atoms with Crippen LogP contribution in [0.5, 0.6) is 5.75 Å². The van der Waals surface area contributed by atoms with Crippen molar-refractivity contribution >= 4 is 22.5 Å². The molecule has 3 aromatic rings. The van der Waals surface area contributed by atoms with Crippen LogP contribution in [-0.2, 0) is 4.79 Å². The molecule has 0 aliphatic carbocycles. The molecular weight excluding hydrogens is 346 g/mol. The maximum Gasteiger partial charge on any atom is 0.269 e. The van der Waals surface area contributed by atoms with Gasteiger partial charge in [0.05, 0.1) is 11.0 Å². The lowest BCUT2D eigenvalue weighted by molar-refractivity contribution is -0.384. The Morgan fingerprint density at radius 3 is 2.48 bits per heavy atom. The number of carbonyl (C=O) groups is 1. The average Bonchev–Trinajstić information content (AvgIpc) is 2.67. The summed E-state index contributed by atoms with van der Waals surface area (Å²) < 4.78 is 0. The van der Waals surface area contributed by atoms with Crippen molar-refractivity contribution in [2.45, 2.75) is 19.9 Å². The third-order valence-electron chi connectivity index (χ3n) is 4.34. The Balaban J connectivity index is 2.11. The zero-order valence-electron chi connectivity index (χ0n) is 14.9. The highest BCUT2D eigenvalue weighted by molar-refractivity contribution is 5.86. The largest absolute Gasteiger partial charge is 0.505 e. The summed E-state index contributed by atoms with van der Waals surface area (Å²) in [6, 6.07) is 12.4. The predicted octanol–water partition coefficient (Wildman–Crippen LogP) is 3.71. The number of pyridine rings is 1. The number of nitrogens with zero attached hydrogens (tertiary/aromatic N) is 2. The number of non-ortho nitro benzene ring substituents is 1. The highest BCUT2D eigenvalue weighted by atomic mass is 16.6. The Morgan fingerprint density at radius 2 is 1.85 bits per heavy atom. The molecule has 7 nitrogen and oxygen atoms in total. The number of rotatable bonds is 5. The summed E-state index contributed by atoms with van der Waals surface area (Å²) in [7, 11) is 0. The van der Waals surface area contributed by atoms with E-state index in [9.17, 15) is 20.0 Å². The van der Waals surface area contributed by atoms with E-state index in [-0.39, 0.29) is 23.3 Å². The number of nitro groups is 1. The molecule has 3 rings (SSSR count). The molecule has 0 fully saturated rings. The highest BCUT2D eigenvalue weighted by Gasteiger charge is 2.23. The number of phenols is 1. The Kier molecular flexibility index (Phi) is 5.03. The number of aromatic hydroxyl groups is 1. The van der Waals surface area contributed by atoms with E-state index in [0.717, 1.165) is 5.39 Å². The number of nitrogens with one attached hydrogen (secondary N) is 1. The second-order valence-electron chi connectivity index (χ2n) is 6.52. The fourth-order valence-electron chi connectivity index (χ4n) is 2.82. The van der Waals surface area contributed by atoms with Crippen LogP contribution in [0.1, 0.15) is 31.0 Å². The normalized spacial score (nSPS) is 12.1. The van der Waals surface area contributed by atoms with Crippen molar-refractivity contribution in [3.8, 4) is 5.75 Å². The van der Waals surface area contributed by atoms with E-state index in [4.69, 9.17) is 0 Å². The molecular formula is C20H19N3O4. The van der Waals surface area contributed by atoms with Gasteiger partial charge in [0.2, 0.25) is 5.91 Å². The van der Waals surface area contributed by atoms with Crippen molar-refractivity contribution in [3.05, 3.63) is 76.0 Å². The molecule has 0 saturated heterocycles. The highest BCUT2D eigenvalue weighted by Crippen LogP contribution is 2.35. The molecule has 1 heterocycles. The first-order chi connectivity index (χ1) is 12.9. The molecule has 0 radical (unpaired) electrons. The first kappa shape index (κ1) is 18.3. The van der Waals surface area contributed by atoms with Gasteiger partial charge in [-0.05, 0) is 23.8 Å². The zero-order chi connectivity index (χ0) is 19.6. The number of nitro benzene ring substituents is 1. The van der Waals surface area contributed by atoms with E-state index in [0.29, 0.717) is 16.6 Å². The molecule has 0 saturated carbocycles. The van der Waals surface area contributed by atoms with Gasteiger partial charge in [0.25, 0.3) is 5.69 Å². The van der Waals surface area contributed by atoms with Gasteiger partial charge in [-0.25, -0.2) is 0 Å². The fourth-order valence-corrected chi connectivity index (χ4v) is 2.82. The van der Waals surface area contributed by atoms with Crippen molar-refractivity contribution in [1.82, 2.24) is 10.3 Å². The van der Waals surface area contributed by atoms with Gasteiger partial charge in [-0.15, -0.1) is 0 Å². The number of amides is 1. The van der Waals surface area contributed by atoms with Gasteiger partial charge < -0.3 is 10.4 Å². The lowest BCUT2D eigenvalue weighted by Gasteiger charge is -2.22. The lowest BCUT2D eigenvalue weighted by Crippen LogP contribution is -2.32. The summed E-state index contributed by atoms with van der Waals surface area (Å²) in [5, 5.41) is 25.3. The molecule has 2 N–H and O–H groups in total. The van der Waals surface area contributed by atoms with Crippen LogP contribution < -0.4 is 5.32 Å². The molecule has 7 heteroatoms. The first-order valence-electron chi connectivity index (χ1n) is 8.50. The van der Waals surface area contributed by atoms with Crippen molar-refractivity contribution in [1.29, 1.82) is 0 Å². The summed E-state index contributed by atoms with van der Waals surface area (Å²) in [5.74, 6) is -0.481. The van der Waals surface area contributed by atoms with Crippen LogP contribution in [0.15, 0.2) is 54.7 Å². The molecule has 0 spiro atoms. The van der Waals surface area contributed by atoms with Gasteiger partial charge in [-0.3, -0.25) is 19.9 Å². The van der Waals surface area contributed by atoms with Gasteiger partial charge in [-0.1, -0.05) is 32.0 Å². The van der Waals surface area contributed by atoms with E-state index in [1.54, 1.807) is 44.3 Å². The molecule has 0 unspecified atom stereocenters. The van der Waals surface area contributed by atoms with E-state index in [2.05, 4.69) is 10.3 Å². The minimum absolute atomic E-state index is 0.0273. The minimum Gasteiger partial charge on any atom is -0.505 e. The van der Waals surface area contributed by atoms with Crippen LogP contribution in [0.4, 0.5) is 5.69 Å². The minimum atomic E-state index is -0.660. The topological polar surface area (TPSA) is 105 Å². The predicted molar refractivity (Wildman–Crippen MR) is 101 cm³/mol. The molecule has 0 bridgehead atoms. The number of hydrogen-bond acceptors (Lipinski definition) is 5. The number of phenolic OH excluding ortho intramolecular Hbond substituents is 1. The van der Waals surface area contributed by atoms with Crippen LogP contribution in [0, 0.1) is 16.0 Å². The number of hydrogen-bond donors (Lipinski definition) is 2. The van der Waals surface area contributed by atoms with Crippen LogP contribution in [0.25, 0.3) is 10.9 Å². The molecule has 138 valence electrons. The van der Waals surface area contributed by atoms with Gasteiger partial charge >= 0.3 is 0 Å². The first-order valence-corrected chi connectivity index (χ1v) is 8.50. The third-order valence-corrected chi connectivity index (χ3v) is 4.34. The van der Waals surface area contributed by atoms with Crippen LogP contribution in [0.3, 0.4) is 0 Å². The second kappa shape index (κ2) is 7.41. The molecule has 27 heavy (non-hydrogen) atoms. The summed E-state index contributed by atoms with van der Waals surface area (Å²) in [6.45, 7) is 3.54. The van der Waals surface area contributed by atoms with Gasteiger partial charge in [0, 0.05) is 35.2 Å². The van der Waals surface area contributed by atoms with E-state index in [1.807, 2.05) is 12.1 Å². The second-order valence-corrected chi connectivity index (χ2v) is 6.52. The summed E-state index contributed by atoms with van der Waals surface area (Å²) in [6.07, 6.45) is 1.58. The monoisotopic (exact) mass is 365 g/mol. The van der Waals surface area contributed by atoms with Crippen molar-refractivity contribution in [2.24, 2.45) is 5.92 Å². The van der Waals surface area contributed by atoms with Gasteiger partial charge in [0.15, 0.2) is 0 Å². The Bertz CT molecular complexity index is 1000. The Hall–Kier alpha value is -3.48. The van der Waals surface area contributed by atoms with Crippen LogP contribution in [-0.4, -0.2) is 20.9 Å². The zero-order valence-corrected chi connectivity index (χ0v) is 14.9. The lowest BCUT2D eigenvalue weighted by atomic mass is 9.95. The van der Waals surface area contributed by atoms with Crippen LogP contribution >= 0.6 is 0 Å². The van der Waals surface area contributed by atoms with Crippen molar-refractivity contribution < 1.29 is 14.8 Å². The molecule has 1 atom stereocenters. The van der Waals surface area contributed by atoms with E-state index >= 15 is 0 Å². The Morgan fingerprint density at radius 1 is 1.15 bits per heavy atom. The van der Waals surface area contributed by atoms with E-state index in [1.165, 1.54) is 12.1 Å². The third kappa shape index (κ3) is 3.72.